The van der Waals surface area contributed by atoms with Gasteiger partial charge in [-0.2, -0.15) is 0 Å². The first-order chi connectivity index (χ1) is 7.58. The van der Waals surface area contributed by atoms with Crippen LogP contribution in [0.1, 0.15) is 45.3 Å². The number of hydrogen-bond acceptors (Lipinski definition) is 2. The molecule has 0 saturated heterocycles. The molecule has 0 aliphatic heterocycles. The first-order valence-electron chi connectivity index (χ1n) is 6.37. The minimum atomic E-state index is 0.685. The van der Waals surface area contributed by atoms with Crippen LogP contribution in [0, 0.1) is 18.8 Å². The van der Waals surface area contributed by atoms with E-state index < -0.39 is 0 Å². The number of imidazole rings is 1. The maximum atomic E-state index is 4.56. The van der Waals surface area contributed by atoms with E-state index in [4.69, 9.17) is 0 Å². The van der Waals surface area contributed by atoms with Crippen LogP contribution in [-0.2, 0) is 0 Å². The van der Waals surface area contributed by atoms with Crippen molar-refractivity contribution < 1.29 is 0 Å². The van der Waals surface area contributed by atoms with Crippen LogP contribution < -0.4 is 5.32 Å². The molecule has 1 saturated carbocycles. The van der Waals surface area contributed by atoms with E-state index >= 15 is 0 Å². The van der Waals surface area contributed by atoms with Crippen LogP contribution in [0.4, 0.5) is 5.95 Å². The van der Waals surface area contributed by atoms with Gasteiger partial charge in [0.25, 0.3) is 0 Å². The van der Waals surface area contributed by atoms with Gasteiger partial charge in [-0.3, -0.25) is 0 Å². The van der Waals surface area contributed by atoms with E-state index in [1.807, 2.05) is 0 Å². The fourth-order valence-corrected chi connectivity index (χ4v) is 1.77. The summed E-state index contributed by atoms with van der Waals surface area (Å²) in [7, 11) is 0. The third-order valence-electron chi connectivity index (χ3n) is 3.51. The van der Waals surface area contributed by atoms with Crippen molar-refractivity contribution in [3.8, 4) is 0 Å². The maximum absolute atomic E-state index is 4.56. The summed E-state index contributed by atoms with van der Waals surface area (Å²) in [5.74, 6) is 2.47. The fourth-order valence-electron chi connectivity index (χ4n) is 1.77. The topological polar surface area (TPSA) is 29.9 Å². The highest BCUT2D eigenvalue weighted by molar-refractivity contribution is 5.30. The molecule has 1 fully saturated rings. The Morgan fingerprint density at radius 1 is 1.44 bits per heavy atom. The normalized spacial score (nSPS) is 17.8. The van der Waals surface area contributed by atoms with Gasteiger partial charge in [0.1, 0.15) is 0 Å². The molecule has 3 heteroatoms. The van der Waals surface area contributed by atoms with Gasteiger partial charge in [0.05, 0.1) is 5.69 Å². The largest absolute Gasteiger partial charge is 0.355 e. The molecule has 0 aromatic carbocycles. The predicted octanol–water partition coefficient (Wildman–Crippen LogP) is 3.23. The monoisotopic (exact) mass is 221 g/mol. The van der Waals surface area contributed by atoms with Crippen LogP contribution in [0.15, 0.2) is 6.20 Å². The molecule has 90 valence electrons. The Hall–Kier alpha value is -0.990. The molecule has 1 aromatic rings. The molecule has 1 atom stereocenters. The highest BCUT2D eigenvalue weighted by Gasteiger charge is 2.26. The molecule has 1 aliphatic carbocycles. The summed E-state index contributed by atoms with van der Waals surface area (Å²) in [4.78, 5) is 4.56. The van der Waals surface area contributed by atoms with Gasteiger partial charge in [0.15, 0.2) is 0 Å². The molecular formula is C13H23N3. The van der Waals surface area contributed by atoms with Crippen LogP contribution in [0.25, 0.3) is 0 Å². The number of aryl methyl sites for hydroxylation is 1. The maximum Gasteiger partial charge on any atom is 0.203 e. The summed E-state index contributed by atoms with van der Waals surface area (Å²) in [6.45, 7) is 9.90. The zero-order valence-corrected chi connectivity index (χ0v) is 10.8. The molecular weight excluding hydrogens is 198 g/mol. The Labute approximate surface area is 98.3 Å². The van der Waals surface area contributed by atoms with Crippen LogP contribution in [0.3, 0.4) is 0 Å². The van der Waals surface area contributed by atoms with Crippen molar-refractivity contribution >= 4 is 5.95 Å². The van der Waals surface area contributed by atoms with Crippen LogP contribution >= 0.6 is 0 Å². The Bertz CT molecular complexity index is 350. The van der Waals surface area contributed by atoms with Gasteiger partial charge in [-0.1, -0.05) is 20.8 Å². The summed E-state index contributed by atoms with van der Waals surface area (Å²) >= 11 is 0. The molecule has 0 bridgehead atoms. The Morgan fingerprint density at radius 3 is 2.69 bits per heavy atom. The summed E-state index contributed by atoms with van der Waals surface area (Å²) in [6, 6.07) is 0.707. The molecule has 1 N–H and O–H groups in total. The first-order valence-corrected chi connectivity index (χ1v) is 6.37. The van der Waals surface area contributed by atoms with Gasteiger partial charge in [0.2, 0.25) is 5.95 Å². The Morgan fingerprint density at radius 2 is 2.12 bits per heavy atom. The van der Waals surface area contributed by atoms with Crippen molar-refractivity contribution in [1.82, 2.24) is 9.55 Å². The van der Waals surface area contributed by atoms with Crippen molar-refractivity contribution in [2.45, 2.75) is 46.6 Å². The molecule has 1 aliphatic rings. The molecule has 0 radical (unpaired) electrons. The summed E-state index contributed by atoms with van der Waals surface area (Å²) in [5.41, 5.74) is 1.12. The molecule has 16 heavy (non-hydrogen) atoms. The number of anilines is 1. The van der Waals surface area contributed by atoms with Crippen molar-refractivity contribution in [3.63, 3.8) is 0 Å². The lowest BCUT2D eigenvalue weighted by Gasteiger charge is -2.17. The number of aromatic nitrogens is 2. The smallest absolute Gasteiger partial charge is 0.203 e. The quantitative estimate of drug-likeness (QED) is 0.827. The van der Waals surface area contributed by atoms with Crippen molar-refractivity contribution in [3.05, 3.63) is 11.9 Å². The molecule has 0 spiro atoms. The van der Waals surface area contributed by atoms with E-state index in [0.717, 1.165) is 24.1 Å². The Balaban J connectivity index is 1.98. The molecule has 3 nitrogen and oxygen atoms in total. The highest BCUT2D eigenvalue weighted by Crippen LogP contribution is 2.37. The first kappa shape index (κ1) is 11.5. The van der Waals surface area contributed by atoms with Gasteiger partial charge in [0, 0.05) is 18.8 Å². The van der Waals surface area contributed by atoms with E-state index in [-0.39, 0.29) is 0 Å². The lowest BCUT2D eigenvalue weighted by atomic mass is 9.98. The van der Waals surface area contributed by atoms with Crippen molar-refractivity contribution in [2.24, 2.45) is 11.8 Å². The fraction of sp³-hybridized carbons (Fsp3) is 0.769. The SMILES string of the molecule is Cc1cn(C2CC2)c(NCC(C)C(C)C)n1. The van der Waals surface area contributed by atoms with Crippen LogP contribution in [-0.4, -0.2) is 16.1 Å². The van der Waals surface area contributed by atoms with Crippen LogP contribution in [0.5, 0.6) is 0 Å². The van der Waals surface area contributed by atoms with Gasteiger partial charge in [-0.05, 0) is 31.6 Å². The zero-order valence-electron chi connectivity index (χ0n) is 10.8. The number of nitrogens with zero attached hydrogens (tertiary/aromatic N) is 2. The molecule has 1 unspecified atom stereocenters. The third kappa shape index (κ3) is 2.57. The van der Waals surface area contributed by atoms with E-state index in [1.54, 1.807) is 0 Å². The number of rotatable bonds is 5. The molecule has 0 amide bonds. The average molecular weight is 221 g/mol. The minimum absolute atomic E-state index is 0.685. The van der Waals surface area contributed by atoms with Gasteiger partial charge in [-0.15, -0.1) is 0 Å². The van der Waals surface area contributed by atoms with Gasteiger partial charge in [-0.25, -0.2) is 4.98 Å². The zero-order chi connectivity index (χ0) is 11.7. The van der Waals surface area contributed by atoms with Gasteiger partial charge >= 0.3 is 0 Å². The van der Waals surface area contributed by atoms with E-state index in [2.05, 4.69) is 48.8 Å². The molecule has 1 aromatic heterocycles. The molecule has 1 heterocycles. The number of nitrogens with one attached hydrogen (secondary N) is 1. The summed E-state index contributed by atoms with van der Waals surface area (Å²) < 4.78 is 2.31. The van der Waals surface area contributed by atoms with Crippen LogP contribution in [0.2, 0.25) is 0 Å². The van der Waals surface area contributed by atoms with Gasteiger partial charge < -0.3 is 9.88 Å². The third-order valence-corrected chi connectivity index (χ3v) is 3.51. The second-order valence-electron chi connectivity index (χ2n) is 5.45. The van der Waals surface area contributed by atoms with Crippen molar-refractivity contribution in [2.75, 3.05) is 11.9 Å². The second-order valence-corrected chi connectivity index (χ2v) is 5.45. The number of hydrogen-bond donors (Lipinski definition) is 1. The Kier molecular flexibility index (Phi) is 3.22. The summed E-state index contributed by atoms with van der Waals surface area (Å²) in [5, 5.41) is 3.49. The van der Waals surface area contributed by atoms with E-state index in [9.17, 15) is 0 Å². The van der Waals surface area contributed by atoms with E-state index in [1.165, 1.54) is 12.8 Å². The second kappa shape index (κ2) is 4.48. The average Bonchev–Trinajstić information content (AvgIpc) is 2.99. The summed E-state index contributed by atoms with van der Waals surface area (Å²) in [6.07, 6.45) is 4.79. The predicted molar refractivity (Wildman–Crippen MR) is 67.7 cm³/mol. The minimum Gasteiger partial charge on any atom is -0.355 e. The molecule has 2 rings (SSSR count). The standard InChI is InChI=1S/C13H23N3/c1-9(2)10(3)7-14-13-15-11(4)8-16(13)12-5-6-12/h8-10,12H,5-7H2,1-4H3,(H,14,15). The van der Waals surface area contributed by atoms with E-state index in [0.29, 0.717) is 12.0 Å². The lowest BCUT2D eigenvalue weighted by Crippen LogP contribution is -2.18. The van der Waals surface area contributed by atoms with Crippen molar-refractivity contribution in [1.29, 1.82) is 0 Å². The highest BCUT2D eigenvalue weighted by atomic mass is 15.2. The lowest BCUT2D eigenvalue weighted by molar-refractivity contribution is 0.438.